The smallest absolute Gasteiger partial charge is 0.293 e. The van der Waals surface area contributed by atoms with Crippen LogP contribution in [0.2, 0.25) is 0 Å². The zero-order valence-corrected chi connectivity index (χ0v) is 33.4. The number of nitrogens with zero attached hydrogens (tertiary/aromatic N) is 1. The van der Waals surface area contributed by atoms with Crippen molar-refractivity contribution in [1.82, 2.24) is 15.3 Å². The molecule has 1 fully saturated rings. The number of hydrogen-bond acceptors (Lipinski definition) is 8. The number of carbonyl (C=O) groups excluding carboxylic acids is 4. The van der Waals surface area contributed by atoms with Crippen LogP contribution in [0.25, 0.3) is 33.3 Å². The molecule has 1 saturated carbocycles. The molecule has 2 aromatic carbocycles. The fourth-order valence-corrected chi connectivity index (χ4v) is 7.59. The molecule has 10 heteroatoms. The van der Waals surface area contributed by atoms with Gasteiger partial charge >= 0.3 is 0 Å². The van der Waals surface area contributed by atoms with E-state index < -0.39 is 11.5 Å². The van der Waals surface area contributed by atoms with Gasteiger partial charge in [0.05, 0.1) is 30.1 Å². The van der Waals surface area contributed by atoms with Crippen LogP contribution in [-0.2, 0) is 41.5 Å². The lowest BCUT2D eigenvalue weighted by molar-refractivity contribution is -0.131. The standard InChI is InChI=1S/C45H55N3O7/c1-27(2)41(24-49)55-35-19-31(20-40(29(4)51)48-44(52)28(3)32-12-9-10-13-32)18-34(21-35)33-15-16-39-37(22-33)38(23-45(6,7)25-54-26-50)43(47-39)36-14-11-17-46-42(36)30(5)53-8/h11,14-19,21-22,26-28,30,32,40,47H,9-10,12-13,20,23,25H2,1-8H3,(H,48,52). The average molecular weight is 750 g/mol. The van der Waals surface area contributed by atoms with Gasteiger partial charge < -0.3 is 24.5 Å². The van der Waals surface area contributed by atoms with Gasteiger partial charge in [-0.05, 0) is 104 Å². The summed E-state index contributed by atoms with van der Waals surface area (Å²) in [5.74, 6) is 2.24. The molecule has 2 N–H and O–H groups in total. The largest absolute Gasteiger partial charge is 0.467 e. The summed E-state index contributed by atoms with van der Waals surface area (Å²) in [4.78, 5) is 57.8. The molecular weight excluding hydrogens is 695 g/mol. The fraction of sp³-hybridized carbons (Fsp3) is 0.467. The summed E-state index contributed by atoms with van der Waals surface area (Å²) >= 11 is 0. The van der Waals surface area contributed by atoms with E-state index in [1.54, 1.807) is 13.3 Å². The number of hydrogen-bond donors (Lipinski definition) is 2. The number of rotatable bonds is 18. The van der Waals surface area contributed by atoms with Crippen LogP contribution < -0.4 is 10.1 Å². The summed E-state index contributed by atoms with van der Waals surface area (Å²) < 4.78 is 17.1. The Labute approximate surface area is 324 Å². The van der Waals surface area contributed by atoms with Crippen molar-refractivity contribution in [2.45, 2.75) is 99.1 Å². The first-order valence-electron chi connectivity index (χ1n) is 19.3. The second-order valence-electron chi connectivity index (χ2n) is 16.1. The van der Waals surface area contributed by atoms with Crippen molar-refractivity contribution in [3.05, 3.63) is 77.3 Å². The Morgan fingerprint density at radius 3 is 2.45 bits per heavy atom. The van der Waals surface area contributed by atoms with E-state index in [0.717, 1.165) is 75.8 Å². The second kappa shape index (κ2) is 18.1. The Morgan fingerprint density at radius 1 is 1.05 bits per heavy atom. The van der Waals surface area contributed by atoms with Crippen LogP contribution in [-0.4, -0.2) is 53.8 Å². The van der Waals surface area contributed by atoms with Crippen LogP contribution >= 0.6 is 0 Å². The number of pyridine rings is 1. The summed E-state index contributed by atoms with van der Waals surface area (Å²) in [5, 5.41) is 4.02. The molecule has 0 radical (unpaired) electrons. The number of carbonyl (C=O) groups is 3. The summed E-state index contributed by atoms with van der Waals surface area (Å²) in [6, 6.07) is 15.1. The van der Waals surface area contributed by atoms with E-state index in [-0.39, 0.29) is 48.4 Å². The van der Waals surface area contributed by atoms with Gasteiger partial charge in [-0.2, -0.15) is 0 Å². The third-order valence-electron chi connectivity index (χ3n) is 10.9. The number of fused-ring (bicyclic) bond motifs is 1. The van der Waals surface area contributed by atoms with Crippen molar-refractivity contribution in [3.8, 4) is 28.1 Å². The summed E-state index contributed by atoms with van der Waals surface area (Å²) in [6.07, 6.45) is 6.63. The number of ketones is 1. The molecule has 3 atom stereocenters. The average Bonchev–Trinajstić information content (AvgIpc) is 3.83. The molecule has 0 saturated heterocycles. The minimum Gasteiger partial charge on any atom is -0.467 e. The monoisotopic (exact) mass is 749 g/mol. The lowest BCUT2D eigenvalue weighted by Crippen LogP contribution is -2.44. The lowest BCUT2D eigenvalue weighted by atomic mass is 9.84. The number of benzene rings is 2. The second-order valence-corrected chi connectivity index (χ2v) is 16.1. The minimum atomic E-state index is -0.731. The molecular formula is C45H55N3O7. The van der Waals surface area contributed by atoms with E-state index in [1.807, 2.05) is 76.1 Å². The quantitative estimate of drug-likeness (QED) is 0.0587. The van der Waals surface area contributed by atoms with Crippen molar-refractivity contribution in [2.24, 2.45) is 23.2 Å². The summed E-state index contributed by atoms with van der Waals surface area (Å²) in [5.41, 5.74) is 6.60. The van der Waals surface area contributed by atoms with E-state index >= 15 is 0 Å². The van der Waals surface area contributed by atoms with Crippen LogP contribution in [0, 0.1) is 23.2 Å². The molecule has 292 valence electrons. The van der Waals surface area contributed by atoms with Gasteiger partial charge in [0.2, 0.25) is 5.91 Å². The predicted molar refractivity (Wildman–Crippen MR) is 214 cm³/mol. The zero-order valence-electron chi connectivity index (χ0n) is 33.4. The topological polar surface area (TPSA) is 137 Å². The van der Waals surface area contributed by atoms with E-state index in [0.29, 0.717) is 24.6 Å². The Morgan fingerprint density at radius 2 is 1.80 bits per heavy atom. The molecule has 1 aliphatic rings. The molecule has 0 bridgehead atoms. The van der Waals surface area contributed by atoms with Crippen LogP contribution in [0.4, 0.5) is 0 Å². The first-order valence-corrected chi connectivity index (χ1v) is 19.3. The van der Waals surface area contributed by atoms with E-state index in [1.165, 1.54) is 6.92 Å². The Bertz CT molecular complexity index is 2050. The molecule has 4 aromatic rings. The van der Waals surface area contributed by atoms with Gasteiger partial charge in [0.15, 0.2) is 17.5 Å². The van der Waals surface area contributed by atoms with Gasteiger partial charge in [0.1, 0.15) is 5.75 Å². The van der Waals surface area contributed by atoms with Gasteiger partial charge in [-0.15, -0.1) is 0 Å². The number of H-pyrrole nitrogens is 1. The number of allylic oxidation sites excluding steroid dienone is 1. The highest BCUT2D eigenvalue weighted by atomic mass is 16.5. The third kappa shape index (κ3) is 9.99. The first kappa shape index (κ1) is 41.1. The molecule has 5 rings (SSSR count). The summed E-state index contributed by atoms with van der Waals surface area (Å²) in [7, 11) is 1.66. The number of methoxy groups -OCH3 is 1. The molecule has 2 heterocycles. The lowest BCUT2D eigenvalue weighted by Gasteiger charge is -2.24. The Hall–Kier alpha value is -5.05. The van der Waals surface area contributed by atoms with Gasteiger partial charge in [-0.3, -0.25) is 19.4 Å². The predicted octanol–water partition coefficient (Wildman–Crippen LogP) is 8.54. The molecule has 1 aliphatic carbocycles. The Kier molecular flexibility index (Phi) is 13.5. The van der Waals surface area contributed by atoms with E-state index in [9.17, 15) is 19.2 Å². The van der Waals surface area contributed by atoms with E-state index in [2.05, 4.69) is 35.2 Å². The van der Waals surface area contributed by atoms with Gasteiger partial charge in [0, 0.05) is 47.0 Å². The normalized spacial score (nSPS) is 15.0. The first-order chi connectivity index (χ1) is 26.2. The third-order valence-corrected chi connectivity index (χ3v) is 10.9. The summed E-state index contributed by atoms with van der Waals surface area (Å²) in [6.45, 7) is 14.0. The van der Waals surface area contributed by atoms with Crippen LogP contribution in [0.3, 0.4) is 0 Å². The Balaban J connectivity index is 1.62. The minimum absolute atomic E-state index is 0.106. The highest BCUT2D eigenvalue weighted by Crippen LogP contribution is 2.40. The van der Waals surface area contributed by atoms with Crippen LogP contribution in [0.5, 0.6) is 5.75 Å². The van der Waals surface area contributed by atoms with Crippen LogP contribution in [0.1, 0.15) is 97.1 Å². The number of nitrogens with one attached hydrogen (secondary N) is 2. The number of ether oxygens (including phenoxy) is 3. The van der Waals surface area contributed by atoms with Gasteiger partial charge in [-0.1, -0.05) is 59.6 Å². The van der Waals surface area contributed by atoms with Crippen molar-refractivity contribution in [2.75, 3.05) is 13.7 Å². The van der Waals surface area contributed by atoms with Crippen molar-refractivity contribution in [3.63, 3.8) is 0 Å². The van der Waals surface area contributed by atoms with Crippen molar-refractivity contribution in [1.29, 1.82) is 0 Å². The van der Waals surface area contributed by atoms with Crippen molar-refractivity contribution < 1.29 is 33.4 Å². The number of aromatic nitrogens is 2. The maximum Gasteiger partial charge on any atom is 0.293 e. The highest BCUT2D eigenvalue weighted by Gasteiger charge is 2.30. The molecule has 10 nitrogen and oxygen atoms in total. The molecule has 3 unspecified atom stereocenters. The number of amides is 1. The van der Waals surface area contributed by atoms with Crippen LogP contribution in [0.15, 0.2) is 60.5 Å². The van der Waals surface area contributed by atoms with Gasteiger partial charge in [0.25, 0.3) is 6.47 Å². The number of aromatic amines is 1. The molecule has 0 spiro atoms. The molecule has 0 aliphatic heterocycles. The zero-order chi connectivity index (χ0) is 39.9. The fourth-order valence-electron chi connectivity index (χ4n) is 7.59. The maximum atomic E-state index is 13.4. The van der Waals surface area contributed by atoms with Crippen molar-refractivity contribution >= 4 is 35.0 Å². The molecule has 1 amide bonds. The molecule has 2 aromatic heterocycles. The van der Waals surface area contributed by atoms with E-state index in [4.69, 9.17) is 14.2 Å². The van der Waals surface area contributed by atoms with Gasteiger partial charge in [-0.25, -0.2) is 4.79 Å². The SMILES string of the molecule is COC(C)c1ncccc1-c1[nH]c2ccc(-c3cc(CC(NC(=O)C(C)C4CCCC4)C(C)=O)cc(OC(=C=O)C(C)C)c3)cc2c1CC(C)(C)COC=O. The highest BCUT2D eigenvalue weighted by molar-refractivity contribution is 5.94. The number of Topliss-reactive ketones (excluding diaryl/α,β-unsaturated/α-hetero) is 1. The molecule has 55 heavy (non-hydrogen) atoms. The maximum absolute atomic E-state index is 13.4.